The van der Waals surface area contributed by atoms with E-state index in [2.05, 4.69) is 0 Å². The van der Waals surface area contributed by atoms with Gasteiger partial charge in [0.15, 0.2) is 5.78 Å². The van der Waals surface area contributed by atoms with E-state index in [9.17, 15) is 9.59 Å². The van der Waals surface area contributed by atoms with Crippen LogP contribution in [0.4, 0.5) is 0 Å². The molecule has 1 atom stereocenters. The summed E-state index contributed by atoms with van der Waals surface area (Å²) >= 11 is 0. The summed E-state index contributed by atoms with van der Waals surface area (Å²) < 4.78 is 10.7. The highest BCUT2D eigenvalue weighted by Crippen LogP contribution is 2.43. The van der Waals surface area contributed by atoms with E-state index in [1.807, 2.05) is 30.3 Å². The van der Waals surface area contributed by atoms with Crippen molar-refractivity contribution in [3.8, 4) is 0 Å². The molecule has 1 aliphatic carbocycles. The number of Topliss-reactive ketones (excluding diaryl/α,β-unsaturated/α-hetero) is 1. The van der Waals surface area contributed by atoms with Gasteiger partial charge in [-0.3, -0.25) is 4.79 Å². The highest BCUT2D eigenvalue weighted by atomic mass is 16.5. The lowest BCUT2D eigenvalue weighted by Crippen LogP contribution is -2.31. The van der Waals surface area contributed by atoms with Crippen LogP contribution in [0.5, 0.6) is 0 Å². The normalized spacial score (nSPS) is 20.9. The number of hydrogen-bond acceptors (Lipinski definition) is 5. The summed E-state index contributed by atoms with van der Waals surface area (Å²) in [4.78, 5) is 24.9. The lowest BCUT2D eigenvalue weighted by Gasteiger charge is -2.32. The van der Waals surface area contributed by atoms with Crippen molar-refractivity contribution in [3.05, 3.63) is 58.7 Å². The SMILES string of the molecule is CCOC(=O)C1=C(N)OC2=C(C(=O)CCC2)C1c1ccccc1. The topological polar surface area (TPSA) is 78.6 Å². The number of nitrogens with two attached hydrogens (primary N) is 1. The van der Waals surface area contributed by atoms with Crippen LogP contribution in [-0.4, -0.2) is 18.4 Å². The van der Waals surface area contributed by atoms with Gasteiger partial charge in [0, 0.05) is 18.4 Å². The Morgan fingerprint density at radius 2 is 2.04 bits per heavy atom. The fourth-order valence-corrected chi connectivity index (χ4v) is 3.14. The summed E-state index contributed by atoms with van der Waals surface area (Å²) in [6, 6.07) is 9.40. The van der Waals surface area contributed by atoms with Crippen LogP contribution in [0.25, 0.3) is 0 Å². The van der Waals surface area contributed by atoms with Crippen LogP contribution < -0.4 is 5.73 Å². The minimum absolute atomic E-state index is 0.00871. The molecule has 0 spiro atoms. The number of benzene rings is 1. The van der Waals surface area contributed by atoms with Crippen LogP contribution in [0.1, 0.15) is 37.7 Å². The first kappa shape index (κ1) is 15.3. The van der Waals surface area contributed by atoms with Gasteiger partial charge in [-0.05, 0) is 18.9 Å². The number of carbonyl (C=O) groups is 2. The van der Waals surface area contributed by atoms with E-state index in [1.165, 1.54) is 0 Å². The summed E-state index contributed by atoms with van der Waals surface area (Å²) in [6.07, 6.45) is 1.85. The Bertz CT molecular complexity index is 703. The van der Waals surface area contributed by atoms with Crippen molar-refractivity contribution in [2.75, 3.05) is 6.61 Å². The third-order valence-electron chi connectivity index (χ3n) is 4.11. The molecule has 5 heteroatoms. The Morgan fingerprint density at radius 1 is 1.30 bits per heavy atom. The molecule has 0 amide bonds. The van der Waals surface area contributed by atoms with Crippen molar-refractivity contribution in [1.29, 1.82) is 0 Å². The molecule has 2 aliphatic rings. The first-order valence-corrected chi connectivity index (χ1v) is 7.79. The van der Waals surface area contributed by atoms with Crippen LogP contribution in [-0.2, 0) is 19.1 Å². The molecule has 0 radical (unpaired) electrons. The maximum Gasteiger partial charge on any atom is 0.340 e. The molecule has 23 heavy (non-hydrogen) atoms. The average molecular weight is 313 g/mol. The van der Waals surface area contributed by atoms with Gasteiger partial charge in [-0.25, -0.2) is 4.79 Å². The largest absolute Gasteiger partial charge is 0.462 e. The molecule has 1 unspecified atom stereocenters. The van der Waals surface area contributed by atoms with Crippen molar-refractivity contribution >= 4 is 11.8 Å². The third-order valence-corrected chi connectivity index (χ3v) is 4.11. The zero-order chi connectivity index (χ0) is 16.4. The molecule has 3 rings (SSSR count). The molecule has 120 valence electrons. The third kappa shape index (κ3) is 2.74. The minimum Gasteiger partial charge on any atom is -0.462 e. The summed E-state index contributed by atoms with van der Waals surface area (Å²) in [5.74, 6) is -0.434. The summed E-state index contributed by atoms with van der Waals surface area (Å²) in [5.41, 5.74) is 7.60. The van der Waals surface area contributed by atoms with Crippen molar-refractivity contribution in [3.63, 3.8) is 0 Å². The van der Waals surface area contributed by atoms with Crippen molar-refractivity contribution in [1.82, 2.24) is 0 Å². The van der Waals surface area contributed by atoms with Crippen LogP contribution in [0.3, 0.4) is 0 Å². The Kier molecular flexibility index (Phi) is 4.19. The molecule has 1 aromatic carbocycles. The van der Waals surface area contributed by atoms with Crippen LogP contribution in [0.15, 0.2) is 53.1 Å². The molecule has 1 aromatic rings. The van der Waals surface area contributed by atoms with Crippen molar-refractivity contribution < 1.29 is 19.1 Å². The first-order valence-electron chi connectivity index (χ1n) is 7.79. The Hall–Kier alpha value is -2.56. The number of rotatable bonds is 3. The van der Waals surface area contributed by atoms with Gasteiger partial charge in [-0.1, -0.05) is 30.3 Å². The smallest absolute Gasteiger partial charge is 0.340 e. The second-order valence-electron chi connectivity index (χ2n) is 5.56. The molecule has 1 heterocycles. The van der Waals surface area contributed by atoms with Gasteiger partial charge in [0.05, 0.1) is 12.5 Å². The molecule has 1 aliphatic heterocycles. The first-order chi connectivity index (χ1) is 11.1. The molecule has 0 saturated carbocycles. The Labute approximate surface area is 134 Å². The quantitative estimate of drug-likeness (QED) is 0.868. The van der Waals surface area contributed by atoms with Gasteiger partial charge in [0.1, 0.15) is 11.3 Å². The molecular weight excluding hydrogens is 294 g/mol. The molecule has 0 fully saturated rings. The van der Waals surface area contributed by atoms with Gasteiger partial charge < -0.3 is 15.2 Å². The lowest BCUT2D eigenvalue weighted by atomic mass is 9.77. The molecule has 0 saturated heterocycles. The lowest BCUT2D eigenvalue weighted by molar-refractivity contribution is -0.139. The van der Waals surface area contributed by atoms with Crippen LogP contribution in [0.2, 0.25) is 0 Å². The second-order valence-corrected chi connectivity index (χ2v) is 5.56. The van der Waals surface area contributed by atoms with E-state index < -0.39 is 11.9 Å². The van der Waals surface area contributed by atoms with E-state index in [1.54, 1.807) is 6.92 Å². The average Bonchev–Trinajstić information content (AvgIpc) is 2.54. The van der Waals surface area contributed by atoms with E-state index in [0.29, 0.717) is 24.2 Å². The predicted octanol–water partition coefficient (Wildman–Crippen LogP) is 2.54. The van der Waals surface area contributed by atoms with Gasteiger partial charge in [0.2, 0.25) is 5.88 Å². The number of carbonyl (C=O) groups excluding carboxylic acids is 2. The maximum absolute atomic E-state index is 12.5. The maximum atomic E-state index is 12.5. The van der Waals surface area contributed by atoms with E-state index >= 15 is 0 Å². The van der Waals surface area contributed by atoms with E-state index in [-0.39, 0.29) is 23.8 Å². The van der Waals surface area contributed by atoms with Crippen molar-refractivity contribution in [2.24, 2.45) is 5.73 Å². The number of esters is 1. The molecule has 5 nitrogen and oxygen atoms in total. The minimum atomic E-state index is -0.538. The van der Waals surface area contributed by atoms with Gasteiger partial charge in [0.25, 0.3) is 0 Å². The molecule has 0 aromatic heterocycles. The van der Waals surface area contributed by atoms with Gasteiger partial charge >= 0.3 is 5.97 Å². The van der Waals surface area contributed by atoms with E-state index in [0.717, 1.165) is 12.0 Å². The summed E-state index contributed by atoms with van der Waals surface area (Å²) in [5, 5.41) is 0. The number of ether oxygens (including phenoxy) is 2. The number of hydrogen-bond donors (Lipinski definition) is 1. The fourth-order valence-electron chi connectivity index (χ4n) is 3.14. The second kappa shape index (κ2) is 6.28. The molecule has 0 bridgehead atoms. The summed E-state index contributed by atoms with van der Waals surface area (Å²) in [7, 11) is 0. The predicted molar refractivity (Wildman–Crippen MR) is 84.0 cm³/mol. The highest BCUT2D eigenvalue weighted by Gasteiger charge is 2.40. The van der Waals surface area contributed by atoms with Crippen LogP contribution >= 0.6 is 0 Å². The Morgan fingerprint density at radius 3 is 2.74 bits per heavy atom. The highest BCUT2D eigenvalue weighted by molar-refractivity contribution is 6.03. The number of ketones is 1. The Balaban J connectivity index is 2.15. The van der Waals surface area contributed by atoms with Gasteiger partial charge in [-0.15, -0.1) is 0 Å². The zero-order valence-corrected chi connectivity index (χ0v) is 13.0. The fraction of sp³-hybridized carbons (Fsp3) is 0.333. The van der Waals surface area contributed by atoms with Crippen LogP contribution in [0, 0.1) is 0 Å². The van der Waals surface area contributed by atoms with Gasteiger partial charge in [-0.2, -0.15) is 0 Å². The zero-order valence-electron chi connectivity index (χ0n) is 13.0. The van der Waals surface area contributed by atoms with E-state index in [4.69, 9.17) is 15.2 Å². The standard InChI is InChI=1S/C18H19NO4/c1-2-22-18(21)16-14(11-7-4-3-5-8-11)15-12(20)9-6-10-13(15)23-17(16)19/h3-5,7-8,14H,2,6,9-10,19H2,1H3. The number of allylic oxidation sites excluding steroid dienone is 2. The molecular formula is C18H19NO4. The molecule has 2 N–H and O–H groups in total. The van der Waals surface area contributed by atoms with Crippen molar-refractivity contribution in [2.45, 2.75) is 32.1 Å². The summed E-state index contributed by atoms with van der Waals surface area (Å²) in [6.45, 7) is 1.96. The monoisotopic (exact) mass is 313 g/mol.